The number of fused-ring (bicyclic) bond motifs is 1. The third-order valence-corrected chi connectivity index (χ3v) is 3.31. The van der Waals surface area contributed by atoms with E-state index in [2.05, 4.69) is 29.0 Å². The molecule has 0 aliphatic carbocycles. The highest BCUT2D eigenvalue weighted by Gasteiger charge is 2.06. The van der Waals surface area contributed by atoms with Gasteiger partial charge in [-0.25, -0.2) is 4.98 Å². The maximum atomic E-state index is 6.00. The summed E-state index contributed by atoms with van der Waals surface area (Å²) in [6, 6.07) is 14.2. The van der Waals surface area contributed by atoms with Crippen LogP contribution in [0.1, 0.15) is 16.8 Å². The molecule has 0 radical (unpaired) electrons. The Balaban J connectivity index is 2.04. The number of nitrogen functional groups attached to an aromatic ring is 1. The molecule has 0 atom stereocenters. The highest BCUT2D eigenvalue weighted by Crippen LogP contribution is 2.20. The number of nitrogens with zero attached hydrogens (tertiary/aromatic N) is 2. The highest BCUT2D eigenvalue weighted by atomic mass is 14.9. The third kappa shape index (κ3) is 2.27. The van der Waals surface area contributed by atoms with Gasteiger partial charge in [-0.15, -0.1) is 0 Å². The Hall–Kier alpha value is -2.42. The van der Waals surface area contributed by atoms with Crippen LogP contribution < -0.4 is 5.73 Å². The Morgan fingerprint density at radius 3 is 2.79 bits per heavy atom. The van der Waals surface area contributed by atoms with E-state index in [1.54, 1.807) is 6.20 Å². The van der Waals surface area contributed by atoms with E-state index in [1.165, 1.54) is 11.1 Å². The molecule has 0 unspecified atom stereocenters. The summed E-state index contributed by atoms with van der Waals surface area (Å²) >= 11 is 0. The number of hydrogen-bond acceptors (Lipinski definition) is 3. The highest BCUT2D eigenvalue weighted by molar-refractivity contribution is 5.88. The van der Waals surface area contributed by atoms with Gasteiger partial charge < -0.3 is 5.73 Å². The molecule has 2 heterocycles. The number of anilines is 1. The summed E-state index contributed by atoms with van der Waals surface area (Å²) in [5.41, 5.74) is 10.4. The van der Waals surface area contributed by atoms with Gasteiger partial charge >= 0.3 is 0 Å². The lowest BCUT2D eigenvalue weighted by Crippen LogP contribution is -2.00. The number of nitrogens with two attached hydrogens (primary N) is 1. The number of rotatable bonds is 2. The zero-order valence-electron chi connectivity index (χ0n) is 10.8. The Morgan fingerprint density at radius 2 is 1.95 bits per heavy atom. The summed E-state index contributed by atoms with van der Waals surface area (Å²) in [6.07, 6.45) is 2.56. The average molecular weight is 249 g/mol. The van der Waals surface area contributed by atoms with Gasteiger partial charge in [-0.1, -0.05) is 24.3 Å². The second-order valence-corrected chi connectivity index (χ2v) is 4.67. The van der Waals surface area contributed by atoms with Crippen molar-refractivity contribution in [1.82, 2.24) is 9.97 Å². The molecular weight excluding hydrogens is 234 g/mol. The van der Waals surface area contributed by atoms with Crippen molar-refractivity contribution < 1.29 is 0 Å². The quantitative estimate of drug-likeness (QED) is 0.759. The lowest BCUT2D eigenvalue weighted by atomic mass is 10.0. The normalized spacial score (nSPS) is 10.8. The van der Waals surface area contributed by atoms with Gasteiger partial charge in [0.2, 0.25) is 0 Å². The number of benzene rings is 1. The first-order chi connectivity index (χ1) is 9.24. The van der Waals surface area contributed by atoms with Gasteiger partial charge in [0.05, 0.1) is 5.52 Å². The fourth-order valence-corrected chi connectivity index (χ4v) is 2.25. The molecule has 3 heteroatoms. The fourth-order valence-electron chi connectivity index (χ4n) is 2.25. The van der Waals surface area contributed by atoms with Crippen molar-refractivity contribution in [2.75, 3.05) is 5.73 Å². The van der Waals surface area contributed by atoms with Crippen LogP contribution in [0.4, 0.5) is 5.82 Å². The first-order valence-electron chi connectivity index (χ1n) is 6.28. The van der Waals surface area contributed by atoms with Gasteiger partial charge in [-0.3, -0.25) is 4.98 Å². The fraction of sp³-hybridized carbons (Fsp3) is 0.125. The summed E-state index contributed by atoms with van der Waals surface area (Å²) in [4.78, 5) is 8.82. The van der Waals surface area contributed by atoms with Gasteiger partial charge in [-0.05, 0) is 36.2 Å². The van der Waals surface area contributed by atoms with Crippen LogP contribution in [0.3, 0.4) is 0 Å². The maximum absolute atomic E-state index is 6.00. The smallest absolute Gasteiger partial charge is 0.133 e. The first-order valence-corrected chi connectivity index (χ1v) is 6.28. The predicted octanol–water partition coefficient (Wildman–Crippen LogP) is 3.11. The van der Waals surface area contributed by atoms with Crippen LogP contribution >= 0.6 is 0 Å². The van der Waals surface area contributed by atoms with Crippen molar-refractivity contribution in [3.63, 3.8) is 0 Å². The Bertz CT molecular complexity index is 735. The molecule has 0 saturated heterocycles. The molecule has 3 nitrogen and oxygen atoms in total. The second-order valence-electron chi connectivity index (χ2n) is 4.67. The van der Waals surface area contributed by atoms with Crippen LogP contribution in [-0.2, 0) is 6.42 Å². The Kier molecular flexibility index (Phi) is 2.88. The number of aryl methyl sites for hydroxylation is 1. The van der Waals surface area contributed by atoms with Gasteiger partial charge in [0.25, 0.3) is 0 Å². The predicted molar refractivity (Wildman–Crippen MR) is 77.9 cm³/mol. The molecule has 0 saturated carbocycles. The van der Waals surface area contributed by atoms with E-state index in [0.717, 1.165) is 23.0 Å². The van der Waals surface area contributed by atoms with Gasteiger partial charge in [0, 0.05) is 23.7 Å². The zero-order chi connectivity index (χ0) is 13.2. The zero-order valence-corrected chi connectivity index (χ0v) is 10.8. The molecule has 0 fully saturated rings. The van der Waals surface area contributed by atoms with Crippen molar-refractivity contribution in [3.05, 3.63) is 65.5 Å². The van der Waals surface area contributed by atoms with Crippen LogP contribution in [-0.4, -0.2) is 9.97 Å². The molecule has 0 aliphatic rings. The minimum atomic E-state index is 0.550. The van der Waals surface area contributed by atoms with Gasteiger partial charge in [0.1, 0.15) is 5.82 Å². The van der Waals surface area contributed by atoms with Crippen molar-refractivity contribution in [3.8, 4) is 0 Å². The van der Waals surface area contributed by atoms with Crippen molar-refractivity contribution >= 4 is 16.7 Å². The number of aromatic nitrogens is 2. The van der Waals surface area contributed by atoms with Crippen LogP contribution in [0, 0.1) is 6.92 Å². The molecule has 0 spiro atoms. The molecular formula is C16H15N3. The average Bonchev–Trinajstić information content (AvgIpc) is 2.42. The third-order valence-electron chi connectivity index (χ3n) is 3.31. The molecule has 2 aromatic heterocycles. The summed E-state index contributed by atoms with van der Waals surface area (Å²) in [5, 5.41) is 0.913. The van der Waals surface area contributed by atoms with Crippen LogP contribution in [0.2, 0.25) is 0 Å². The van der Waals surface area contributed by atoms with Crippen molar-refractivity contribution in [2.24, 2.45) is 0 Å². The number of pyridine rings is 2. The molecule has 1 aromatic carbocycles. The lowest BCUT2D eigenvalue weighted by molar-refractivity contribution is 1.07. The van der Waals surface area contributed by atoms with E-state index < -0.39 is 0 Å². The summed E-state index contributed by atoms with van der Waals surface area (Å²) in [7, 11) is 0. The van der Waals surface area contributed by atoms with Gasteiger partial charge in [-0.2, -0.15) is 0 Å². The lowest BCUT2D eigenvalue weighted by Gasteiger charge is -2.07. The maximum Gasteiger partial charge on any atom is 0.133 e. The molecule has 0 aliphatic heterocycles. The Labute approximate surface area is 112 Å². The second kappa shape index (κ2) is 4.69. The van der Waals surface area contributed by atoms with E-state index in [9.17, 15) is 0 Å². The minimum Gasteiger partial charge on any atom is -0.383 e. The van der Waals surface area contributed by atoms with Crippen LogP contribution in [0.5, 0.6) is 0 Å². The standard InChI is InChI=1S/C16H15N3/c1-11-5-2-3-6-12(11)9-13-10-15-14(16(17)19-13)7-4-8-18-15/h2-8,10H,9H2,1H3,(H2,17,19). The van der Waals surface area contributed by atoms with Crippen LogP contribution in [0.25, 0.3) is 10.9 Å². The summed E-state index contributed by atoms with van der Waals surface area (Å²) < 4.78 is 0. The molecule has 0 bridgehead atoms. The largest absolute Gasteiger partial charge is 0.383 e. The molecule has 0 amide bonds. The van der Waals surface area contributed by atoms with E-state index in [0.29, 0.717) is 5.82 Å². The number of hydrogen-bond donors (Lipinski definition) is 1. The Morgan fingerprint density at radius 1 is 1.11 bits per heavy atom. The van der Waals surface area contributed by atoms with Crippen molar-refractivity contribution in [2.45, 2.75) is 13.3 Å². The van der Waals surface area contributed by atoms with Crippen LogP contribution in [0.15, 0.2) is 48.7 Å². The first kappa shape index (κ1) is 11.7. The molecule has 19 heavy (non-hydrogen) atoms. The molecule has 2 N–H and O–H groups in total. The van der Waals surface area contributed by atoms with E-state index >= 15 is 0 Å². The van der Waals surface area contributed by atoms with Gasteiger partial charge in [0.15, 0.2) is 0 Å². The van der Waals surface area contributed by atoms with Crippen molar-refractivity contribution in [1.29, 1.82) is 0 Å². The van der Waals surface area contributed by atoms with E-state index in [4.69, 9.17) is 5.73 Å². The molecule has 94 valence electrons. The monoisotopic (exact) mass is 249 g/mol. The van der Waals surface area contributed by atoms with E-state index in [1.807, 2.05) is 30.3 Å². The van der Waals surface area contributed by atoms with E-state index in [-0.39, 0.29) is 0 Å². The summed E-state index contributed by atoms with van der Waals surface area (Å²) in [5.74, 6) is 0.550. The molecule has 3 aromatic rings. The molecule has 3 rings (SSSR count). The SMILES string of the molecule is Cc1ccccc1Cc1cc2ncccc2c(N)n1. The topological polar surface area (TPSA) is 51.8 Å². The minimum absolute atomic E-state index is 0.550. The summed E-state index contributed by atoms with van der Waals surface area (Å²) in [6.45, 7) is 2.11.